The summed E-state index contributed by atoms with van der Waals surface area (Å²) in [5.41, 5.74) is 5.44. The molecule has 2 unspecified atom stereocenters. The van der Waals surface area contributed by atoms with Crippen LogP contribution >= 0.6 is 0 Å². The van der Waals surface area contributed by atoms with Crippen molar-refractivity contribution in [1.29, 1.82) is 0 Å². The number of hydrogen-bond donors (Lipinski definition) is 1. The molecule has 0 spiro atoms. The maximum absolute atomic E-state index is 5.47. The van der Waals surface area contributed by atoms with Crippen molar-refractivity contribution in [3.63, 3.8) is 0 Å². The molecule has 3 saturated heterocycles. The molecule has 3 rings (SSSR count). The van der Waals surface area contributed by atoms with E-state index in [4.69, 9.17) is 10.5 Å². The predicted octanol–water partition coefficient (Wildman–Crippen LogP) is -0.582. The van der Waals surface area contributed by atoms with Crippen LogP contribution in [-0.4, -0.2) is 43.3 Å². The minimum Gasteiger partial charge on any atom is -0.372 e. The fourth-order valence-electron chi connectivity index (χ4n) is 1.81. The van der Waals surface area contributed by atoms with Crippen molar-refractivity contribution in [3.8, 4) is 0 Å². The zero-order valence-corrected chi connectivity index (χ0v) is 6.12. The molecule has 3 nitrogen and oxygen atoms in total. The molecule has 3 heterocycles. The van der Waals surface area contributed by atoms with Crippen LogP contribution in [0, 0.1) is 0 Å². The van der Waals surface area contributed by atoms with Crippen LogP contribution < -0.4 is 5.73 Å². The van der Waals surface area contributed by atoms with Gasteiger partial charge in [-0.1, -0.05) is 0 Å². The van der Waals surface area contributed by atoms with Gasteiger partial charge in [-0.15, -0.1) is 0 Å². The van der Waals surface area contributed by atoms with Gasteiger partial charge >= 0.3 is 0 Å². The summed E-state index contributed by atoms with van der Waals surface area (Å²) in [4.78, 5) is 2.39. The quantitative estimate of drug-likeness (QED) is 0.560. The summed E-state index contributed by atoms with van der Waals surface area (Å²) in [5, 5.41) is 0. The Morgan fingerprint density at radius 1 is 1.40 bits per heavy atom. The van der Waals surface area contributed by atoms with E-state index in [1.807, 2.05) is 0 Å². The average Bonchev–Trinajstić information content (AvgIpc) is 1.87. The van der Waals surface area contributed by atoms with Crippen LogP contribution in [0.1, 0.15) is 6.42 Å². The molecule has 3 aliphatic rings. The van der Waals surface area contributed by atoms with Crippen molar-refractivity contribution >= 4 is 0 Å². The second kappa shape index (κ2) is 2.49. The maximum Gasteiger partial charge on any atom is 0.0731 e. The van der Waals surface area contributed by atoms with Gasteiger partial charge in [-0.25, -0.2) is 0 Å². The van der Waals surface area contributed by atoms with Crippen LogP contribution in [-0.2, 0) is 4.74 Å². The fraction of sp³-hybridized carbons (Fsp3) is 1.00. The van der Waals surface area contributed by atoms with Gasteiger partial charge in [0.25, 0.3) is 0 Å². The highest BCUT2D eigenvalue weighted by atomic mass is 16.5. The lowest BCUT2D eigenvalue weighted by molar-refractivity contribution is -0.180. The summed E-state index contributed by atoms with van der Waals surface area (Å²) in [5.74, 6) is 0. The molecule has 0 amide bonds. The molecule has 10 heavy (non-hydrogen) atoms. The summed E-state index contributed by atoms with van der Waals surface area (Å²) < 4.78 is 5.47. The zero-order valence-electron chi connectivity index (χ0n) is 6.12. The average molecular weight is 142 g/mol. The molecular weight excluding hydrogens is 128 g/mol. The van der Waals surface area contributed by atoms with E-state index in [2.05, 4.69) is 4.90 Å². The van der Waals surface area contributed by atoms with Crippen LogP contribution in [0.15, 0.2) is 0 Å². The van der Waals surface area contributed by atoms with Crippen molar-refractivity contribution in [3.05, 3.63) is 0 Å². The van der Waals surface area contributed by atoms with Crippen LogP contribution in [0.3, 0.4) is 0 Å². The molecule has 3 heteroatoms. The molecule has 0 aliphatic carbocycles. The van der Waals surface area contributed by atoms with Crippen LogP contribution in [0.5, 0.6) is 0 Å². The number of fused-ring (bicyclic) bond motifs is 2. The lowest BCUT2D eigenvalue weighted by Gasteiger charge is -2.47. The Kier molecular flexibility index (Phi) is 1.64. The fourth-order valence-corrected chi connectivity index (χ4v) is 1.81. The lowest BCUT2D eigenvalue weighted by Crippen LogP contribution is -2.57. The predicted molar refractivity (Wildman–Crippen MR) is 38.8 cm³/mol. The van der Waals surface area contributed by atoms with E-state index in [1.165, 1.54) is 6.42 Å². The molecule has 3 fully saturated rings. The van der Waals surface area contributed by atoms with Crippen LogP contribution in [0.25, 0.3) is 0 Å². The molecule has 2 N–H and O–H groups in total. The van der Waals surface area contributed by atoms with Gasteiger partial charge in [0.15, 0.2) is 0 Å². The first kappa shape index (κ1) is 6.58. The minimum atomic E-state index is 0.533. The van der Waals surface area contributed by atoms with E-state index >= 15 is 0 Å². The minimum absolute atomic E-state index is 0.533. The van der Waals surface area contributed by atoms with Crippen molar-refractivity contribution in [1.82, 2.24) is 4.90 Å². The van der Waals surface area contributed by atoms with E-state index in [-0.39, 0.29) is 0 Å². The molecule has 0 aromatic carbocycles. The molecule has 2 atom stereocenters. The normalized spacial score (nSPS) is 39.3. The number of ether oxygens (including phenoxy) is 1. The largest absolute Gasteiger partial charge is 0.372 e. The van der Waals surface area contributed by atoms with Crippen molar-refractivity contribution in [2.24, 2.45) is 5.73 Å². The number of nitrogens with zero attached hydrogens (tertiary/aromatic N) is 1. The van der Waals surface area contributed by atoms with Gasteiger partial charge in [-0.3, -0.25) is 4.90 Å². The van der Waals surface area contributed by atoms with Crippen LogP contribution in [0.2, 0.25) is 0 Å². The first-order valence-corrected chi connectivity index (χ1v) is 3.96. The monoisotopic (exact) mass is 142 g/mol. The van der Waals surface area contributed by atoms with Gasteiger partial charge in [-0.2, -0.15) is 0 Å². The summed E-state index contributed by atoms with van der Waals surface area (Å²) in [6.45, 7) is 4.03. The summed E-state index contributed by atoms with van der Waals surface area (Å²) in [6, 6.07) is 0. The summed E-state index contributed by atoms with van der Waals surface area (Å²) >= 11 is 0. The SMILES string of the molecule is NCCN1CC2CC(C1)O2. The molecule has 0 saturated carbocycles. The molecule has 0 aromatic heterocycles. The van der Waals surface area contributed by atoms with Crippen molar-refractivity contribution < 1.29 is 4.74 Å². The Labute approximate surface area is 61.1 Å². The van der Waals surface area contributed by atoms with Gasteiger partial charge in [0.1, 0.15) is 0 Å². The van der Waals surface area contributed by atoms with Crippen molar-refractivity contribution in [2.75, 3.05) is 26.2 Å². The van der Waals surface area contributed by atoms with Gasteiger partial charge in [0.05, 0.1) is 12.2 Å². The number of piperidine rings is 1. The Balaban J connectivity index is 1.80. The van der Waals surface area contributed by atoms with Crippen LogP contribution in [0.4, 0.5) is 0 Å². The van der Waals surface area contributed by atoms with E-state index < -0.39 is 0 Å². The standard InChI is InChI=1S/C7H14N2O/c8-1-2-9-4-6-3-7(5-9)10-6/h6-7H,1-5,8H2. The van der Waals surface area contributed by atoms with E-state index in [0.717, 1.165) is 26.2 Å². The van der Waals surface area contributed by atoms with E-state index in [1.54, 1.807) is 0 Å². The highest BCUT2D eigenvalue weighted by molar-refractivity contribution is 4.88. The number of rotatable bonds is 2. The summed E-state index contributed by atoms with van der Waals surface area (Å²) in [6.07, 6.45) is 2.34. The van der Waals surface area contributed by atoms with Gasteiger partial charge in [0, 0.05) is 32.6 Å². The molecular formula is C7H14N2O. The molecule has 0 radical (unpaired) electrons. The van der Waals surface area contributed by atoms with Gasteiger partial charge < -0.3 is 10.5 Å². The topological polar surface area (TPSA) is 38.5 Å². The Hall–Kier alpha value is -0.120. The zero-order chi connectivity index (χ0) is 6.97. The molecule has 3 aliphatic heterocycles. The Morgan fingerprint density at radius 2 is 2.00 bits per heavy atom. The van der Waals surface area contributed by atoms with E-state index in [9.17, 15) is 0 Å². The number of hydrogen-bond acceptors (Lipinski definition) is 3. The first-order valence-electron chi connectivity index (χ1n) is 3.96. The third-order valence-corrected chi connectivity index (χ3v) is 2.28. The lowest BCUT2D eigenvalue weighted by atomic mass is 9.99. The second-order valence-electron chi connectivity index (χ2n) is 3.16. The second-order valence-corrected chi connectivity index (χ2v) is 3.16. The third kappa shape index (κ3) is 1.05. The van der Waals surface area contributed by atoms with Gasteiger partial charge in [0.2, 0.25) is 0 Å². The summed E-state index contributed by atoms with van der Waals surface area (Å²) in [7, 11) is 0. The highest BCUT2D eigenvalue weighted by Gasteiger charge is 2.37. The molecule has 58 valence electrons. The van der Waals surface area contributed by atoms with E-state index in [0.29, 0.717) is 12.2 Å². The smallest absolute Gasteiger partial charge is 0.0731 e. The molecule has 0 aromatic rings. The molecule has 2 bridgehead atoms. The maximum atomic E-state index is 5.47. The Morgan fingerprint density at radius 3 is 2.50 bits per heavy atom. The Bertz CT molecular complexity index is 113. The van der Waals surface area contributed by atoms with Gasteiger partial charge in [-0.05, 0) is 0 Å². The number of nitrogens with two attached hydrogens (primary N) is 1. The number of morpholine rings is 1. The first-order chi connectivity index (χ1) is 4.88. The van der Waals surface area contributed by atoms with Crippen molar-refractivity contribution in [2.45, 2.75) is 18.6 Å². The third-order valence-electron chi connectivity index (χ3n) is 2.28. The highest BCUT2D eigenvalue weighted by Crippen LogP contribution is 2.27.